The molecule has 2 aromatic heterocycles. The molecule has 0 radical (unpaired) electrons. The van der Waals surface area contributed by atoms with Crippen LogP contribution in [-0.2, 0) is 0 Å². The molecule has 0 fully saturated rings. The second kappa shape index (κ2) is 6.95. The van der Waals surface area contributed by atoms with Crippen LogP contribution in [0.1, 0.15) is 35.0 Å². The predicted molar refractivity (Wildman–Crippen MR) is 92.9 cm³/mol. The number of aromatic nitrogens is 1. The highest BCUT2D eigenvalue weighted by Crippen LogP contribution is 2.24. The van der Waals surface area contributed by atoms with E-state index in [1.54, 1.807) is 17.4 Å². The highest BCUT2D eigenvalue weighted by molar-refractivity contribution is 7.10. The van der Waals surface area contributed by atoms with E-state index in [0.717, 1.165) is 10.4 Å². The molecule has 23 heavy (non-hydrogen) atoms. The summed E-state index contributed by atoms with van der Waals surface area (Å²) in [5, 5.41) is 14.4. The topological polar surface area (TPSA) is 61.9 Å². The fourth-order valence-corrected chi connectivity index (χ4v) is 2.76. The summed E-state index contributed by atoms with van der Waals surface area (Å²) in [6.07, 6.45) is 3.69. The molecule has 2 heterocycles. The number of oxazole rings is 1. The van der Waals surface area contributed by atoms with Gasteiger partial charge < -0.3 is 9.73 Å². The summed E-state index contributed by atoms with van der Waals surface area (Å²) in [6, 6.07) is 16.1. The Balaban J connectivity index is 1.78. The lowest BCUT2D eigenvalue weighted by atomic mass is 10.1. The SMILES string of the molecule is C[C@@H](Nc1oc(/C=C/c2cccs2)nc1C#N)c1ccccc1. The van der Waals surface area contributed by atoms with Gasteiger partial charge in [-0.1, -0.05) is 36.4 Å². The number of nitriles is 1. The first-order chi connectivity index (χ1) is 11.3. The zero-order valence-corrected chi connectivity index (χ0v) is 13.4. The van der Waals surface area contributed by atoms with Crippen molar-refractivity contribution in [2.24, 2.45) is 0 Å². The zero-order valence-electron chi connectivity index (χ0n) is 12.6. The fraction of sp³-hybridized carbons (Fsp3) is 0.111. The number of hydrogen-bond donors (Lipinski definition) is 1. The van der Waals surface area contributed by atoms with Crippen molar-refractivity contribution in [1.82, 2.24) is 4.98 Å². The van der Waals surface area contributed by atoms with Crippen molar-refractivity contribution in [2.45, 2.75) is 13.0 Å². The molecule has 3 aromatic rings. The van der Waals surface area contributed by atoms with Crippen LogP contribution in [0, 0.1) is 11.3 Å². The van der Waals surface area contributed by atoms with E-state index in [-0.39, 0.29) is 11.7 Å². The molecule has 0 aliphatic heterocycles. The summed E-state index contributed by atoms with van der Waals surface area (Å²) in [5.41, 5.74) is 1.38. The van der Waals surface area contributed by atoms with Gasteiger partial charge in [0.2, 0.25) is 17.5 Å². The first-order valence-electron chi connectivity index (χ1n) is 7.20. The normalized spacial score (nSPS) is 12.2. The first-order valence-corrected chi connectivity index (χ1v) is 8.08. The molecule has 5 heteroatoms. The minimum atomic E-state index is 0.0189. The standard InChI is InChI=1S/C18H15N3OS/c1-13(14-6-3-2-4-7-14)20-18-16(12-19)21-17(22-18)10-9-15-8-5-11-23-15/h2-11,13,20H,1H3/b10-9+/t13-/m1/s1. The van der Waals surface area contributed by atoms with Crippen LogP contribution in [0.5, 0.6) is 0 Å². The van der Waals surface area contributed by atoms with Crippen LogP contribution < -0.4 is 5.32 Å². The second-order valence-electron chi connectivity index (χ2n) is 4.97. The summed E-state index contributed by atoms with van der Waals surface area (Å²) >= 11 is 1.63. The molecule has 114 valence electrons. The van der Waals surface area contributed by atoms with Gasteiger partial charge in [-0.2, -0.15) is 10.2 Å². The quantitative estimate of drug-likeness (QED) is 0.722. The average Bonchev–Trinajstić information content (AvgIpc) is 3.23. The van der Waals surface area contributed by atoms with E-state index in [1.807, 2.05) is 60.8 Å². The lowest BCUT2D eigenvalue weighted by molar-refractivity contribution is 0.552. The summed E-state index contributed by atoms with van der Waals surface area (Å²) in [5.74, 6) is 0.812. The molecule has 0 bridgehead atoms. The van der Waals surface area contributed by atoms with Crippen molar-refractivity contribution in [3.63, 3.8) is 0 Å². The number of benzene rings is 1. The van der Waals surface area contributed by atoms with Gasteiger partial charge in [-0.15, -0.1) is 11.3 Å². The smallest absolute Gasteiger partial charge is 0.233 e. The average molecular weight is 321 g/mol. The molecule has 0 unspecified atom stereocenters. The number of hydrogen-bond acceptors (Lipinski definition) is 5. The van der Waals surface area contributed by atoms with Crippen molar-refractivity contribution in [1.29, 1.82) is 5.26 Å². The second-order valence-corrected chi connectivity index (χ2v) is 5.95. The van der Waals surface area contributed by atoms with E-state index in [1.165, 1.54) is 0 Å². The Bertz CT molecular complexity index is 829. The Hall–Kier alpha value is -2.84. The van der Waals surface area contributed by atoms with Gasteiger partial charge >= 0.3 is 0 Å². The number of nitrogens with zero attached hydrogens (tertiary/aromatic N) is 2. The summed E-state index contributed by atoms with van der Waals surface area (Å²) in [4.78, 5) is 5.31. The maximum absolute atomic E-state index is 9.23. The van der Waals surface area contributed by atoms with Crippen LogP contribution in [0.15, 0.2) is 52.3 Å². The molecule has 0 aliphatic rings. The molecule has 0 saturated carbocycles. The van der Waals surface area contributed by atoms with Gasteiger partial charge in [0.05, 0.1) is 6.04 Å². The maximum atomic E-state index is 9.23. The molecule has 1 N–H and O–H groups in total. The first kappa shape index (κ1) is 15.1. The maximum Gasteiger partial charge on any atom is 0.233 e. The number of anilines is 1. The third kappa shape index (κ3) is 3.68. The van der Waals surface area contributed by atoms with Gasteiger partial charge in [0.1, 0.15) is 6.07 Å². The van der Waals surface area contributed by atoms with Crippen LogP contribution in [0.2, 0.25) is 0 Å². The molecule has 0 spiro atoms. The molecule has 4 nitrogen and oxygen atoms in total. The van der Waals surface area contributed by atoms with Crippen LogP contribution >= 0.6 is 11.3 Å². The van der Waals surface area contributed by atoms with Crippen molar-refractivity contribution >= 4 is 29.4 Å². The summed E-state index contributed by atoms with van der Waals surface area (Å²) in [6.45, 7) is 2.01. The highest BCUT2D eigenvalue weighted by Gasteiger charge is 2.14. The van der Waals surface area contributed by atoms with Gasteiger partial charge in [0.25, 0.3) is 0 Å². The molecule has 3 rings (SSSR count). The van der Waals surface area contributed by atoms with Crippen molar-refractivity contribution in [2.75, 3.05) is 5.32 Å². The van der Waals surface area contributed by atoms with Crippen molar-refractivity contribution in [3.8, 4) is 6.07 Å². The van der Waals surface area contributed by atoms with Gasteiger partial charge in [0, 0.05) is 11.0 Å². The Morgan fingerprint density at radius 1 is 1.22 bits per heavy atom. The Morgan fingerprint density at radius 3 is 2.74 bits per heavy atom. The van der Waals surface area contributed by atoms with E-state index in [9.17, 15) is 5.26 Å². The molecule has 1 atom stereocenters. The Labute approximate surface area is 138 Å². The molecule has 0 saturated heterocycles. The highest BCUT2D eigenvalue weighted by atomic mass is 32.1. The van der Waals surface area contributed by atoms with Gasteiger partial charge in [0.15, 0.2) is 0 Å². The van der Waals surface area contributed by atoms with E-state index >= 15 is 0 Å². The minimum Gasteiger partial charge on any atom is -0.420 e. The van der Waals surface area contributed by atoms with E-state index in [2.05, 4.69) is 16.4 Å². The number of nitrogens with one attached hydrogen (secondary N) is 1. The van der Waals surface area contributed by atoms with Crippen LogP contribution in [0.25, 0.3) is 12.2 Å². The lowest BCUT2D eigenvalue weighted by Gasteiger charge is -2.12. The summed E-state index contributed by atoms with van der Waals surface area (Å²) < 4.78 is 5.67. The minimum absolute atomic E-state index is 0.0189. The molecular weight excluding hydrogens is 306 g/mol. The van der Waals surface area contributed by atoms with E-state index in [0.29, 0.717) is 11.8 Å². The largest absolute Gasteiger partial charge is 0.420 e. The fourth-order valence-electron chi connectivity index (χ4n) is 2.14. The lowest BCUT2D eigenvalue weighted by Crippen LogP contribution is -2.06. The van der Waals surface area contributed by atoms with Gasteiger partial charge in [-0.05, 0) is 30.0 Å². The Kier molecular flexibility index (Phi) is 4.55. The monoisotopic (exact) mass is 321 g/mol. The molecule has 0 aliphatic carbocycles. The van der Waals surface area contributed by atoms with Crippen molar-refractivity contribution < 1.29 is 4.42 Å². The molecule has 0 amide bonds. The third-order valence-electron chi connectivity index (χ3n) is 3.33. The third-order valence-corrected chi connectivity index (χ3v) is 4.17. The van der Waals surface area contributed by atoms with E-state index in [4.69, 9.17) is 4.42 Å². The van der Waals surface area contributed by atoms with Crippen molar-refractivity contribution in [3.05, 3.63) is 69.9 Å². The number of rotatable bonds is 5. The molecule has 1 aromatic carbocycles. The van der Waals surface area contributed by atoms with Crippen LogP contribution in [0.3, 0.4) is 0 Å². The molecular formula is C18H15N3OS. The zero-order chi connectivity index (χ0) is 16.1. The van der Waals surface area contributed by atoms with Crippen LogP contribution in [-0.4, -0.2) is 4.98 Å². The summed E-state index contributed by atoms with van der Waals surface area (Å²) in [7, 11) is 0. The Morgan fingerprint density at radius 2 is 2.04 bits per heavy atom. The van der Waals surface area contributed by atoms with E-state index < -0.39 is 0 Å². The predicted octanol–water partition coefficient (Wildman–Crippen LogP) is 4.95. The van der Waals surface area contributed by atoms with Crippen LogP contribution in [0.4, 0.5) is 5.88 Å². The number of thiophene rings is 1. The van der Waals surface area contributed by atoms with Gasteiger partial charge in [-0.25, -0.2) is 0 Å². The van der Waals surface area contributed by atoms with Gasteiger partial charge in [-0.3, -0.25) is 0 Å².